The Morgan fingerprint density at radius 2 is 1.95 bits per heavy atom. The molecule has 1 aromatic carbocycles. The normalized spacial score (nSPS) is 29.5. The second-order valence-corrected chi connectivity index (χ2v) is 5.59. The van der Waals surface area contributed by atoms with Crippen LogP contribution in [0.15, 0.2) is 18.2 Å². The van der Waals surface area contributed by atoms with Gasteiger partial charge in [-0.1, -0.05) is 12.1 Å². The lowest BCUT2D eigenvalue weighted by atomic mass is 9.69. The van der Waals surface area contributed by atoms with Gasteiger partial charge in [0.15, 0.2) is 17.3 Å². The van der Waals surface area contributed by atoms with Crippen molar-refractivity contribution >= 4 is 5.78 Å². The van der Waals surface area contributed by atoms with E-state index in [-0.39, 0.29) is 12.8 Å². The van der Waals surface area contributed by atoms with Gasteiger partial charge < -0.3 is 15.6 Å². The molecule has 1 aliphatic rings. The van der Waals surface area contributed by atoms with E-state index < -0.39 is 40.4 Å². The molecule has 1 saturated carbocycles. The minimum absolute atomic E-state index is 0.0222. The minimum atomic E-state index is -5.07. The molecule has 0 heterocycles. The number of alkyl halides is 3. The second-order valence-electron chi connectivity index (χ2n) is 5.59. The van der Waals surface area contributed by atoms with E-state index in [1.165, 1.54) is 6.92 Å². The van der Waals surface area contributed by atoms with Gasteiger partial charge in [0.2, 0.25) is 0 Å². The van der Waals surface area contributed by atoms with Gasteiger partial charge in [0.05, 0.1) is 0 Å². The van der Waals surface area contributed by atoms with E-state index in [2.05, 4.69) is 4.74 Å². The summed E-state index contributed by atoms with van der Waals surface area (Å²) < 4.78 is 54.7. The molecule has 1 aromatic rings. The van der Waals surface area contributed by atoms with Crippen LogP contribution in [0, 0.1) is 5.82 Å². The predicted molar refractivity (Wildman–Crippen MR) is 68.4 cm³/mol. The van der Waals surface area contributed by atoms with Crippen molar-refractivity contribution in [3.8, 4) is 5.75 Å². The molecule has 1 fully saturated rings. The zero-order chi connectivity index (χ0) is 16.8. The molecule has 0 aliphatic heterocycles. The van der Waals surface area contributed by atoms with E-state index >= 15 is 0 Å². The molecule has 0 bridgehead atoms. The SMILES string of the molecule is CC1(O)CCCC(N)(c2cccc(OC(F)(F)F)c2F)C1=O. The zero-order valence-corrected chi connectivity index (χ0v) is 11.7. The maximum absolute atomic E-state index is 14.3. The number of carbonyl (C=O) groups is 1. The highest BCUT2D eigenvalue weighted by Gasteiger charge is 2.50. The summed E-state index contributed by atoms with van der Waals surface area (Å²) in [6, 6.07) is 3.03. The fourth-order valence-corrected chi connectivity index (χ4v) is 2.73. The Balaban J connectivity index is 2.48. The first-order chi connectivity index (χ1) is 9.97. The third-order valence-corrected chi connectivity index (χ3v) is 3.80. The van der Waals surface area contributed by atoms with Crippen LogP contribution in [0.25, 0.3) is 0 Å². The van der Waals surface area contributed by atoms with Crippen molar-refractivity contribution in [3.05, 3.63) is 29.6 Å². The van der Waals surface area contributed by atoms with Crippen molar-refractivity contribution in [1.82, 2.24) is 0 Å². The highest BCUT2D eigenvalue weighted by Crippen LogP contribution is 2.40. The minimum Gasteiger partial charge on any atom is -0.403 e. The number of halogens is 4. The van der Waals surface area contributed by atoms with Gasteiger partial charge >= 0.3 is 6.36 Å². The van der Waals surface area contributed by atoms with Crippen molar-refractivity contribution in [3.63, 3.8) is 0 Å². The van der Waals surface area contributed by atoms with Gasteiger partial charge in [0.1, 0.15) is 11.1 Å². The fraction of sp³-hybridized carbons (Fsp3) is 0.500. The molecule has 0 aromatic heterocycles. The number of benzene rings is 1. The monoisotopic (exact) mass is 321 g/mol. The Kier molecular flexibility index (Phi) is 3.95. The molecule has 1 aliphatic carbocycles. The lowest BCUT2D eigenvalue weighted by Crippen LogP contribution is -2.58. The lowest BCUT2D eigenvalue weighted by Gasteiger charge is -2.40. The molecule has 2 rings (SSSR count). The smallest absolute Gasteiger partial charge is 0.403 e. The average Bonchev–Trinajstić information content (AvgIpc) is 2.37. The van der Waals surface area contributed by atoms with E-state index in [0.717, 1.165) is 18.2 Å². The molecular formula is C14H15F4NO3. The Bertz CT molecular complexity index is 600. The molecule has 4 nitrogen and oxygen atoms in total. The van der Waals surface area contributed by atoms with Gasteiger partial charge in [-0.05, 0) is 32.3 Å². The number of nitrogens with two attached hydrogens (primary N) is 1. The first kappa shape index (κ1) is 16.7. The number of rotatable bonds is 2. The molecular weight excluding hydrogens is 306 g/mol. The van der Waals surface area contributed by atoms with Crippen LogP contribution in [0.2, 0.25) is 0 Å². The van der Waals surface area contributed by atoms with E-state index in [0.29, 0.717) is 6.42 Å². The first-order valence-electron chi connectivity index (χ1n) is 6.58. The zero-order valence-electron chi connectivity index (χ0n) is 11.7. The van der Waals surface area contributed by atoms with E-state index in [1.807, 2.05) is 0 Å². The summed E-state index contributed by atoms with van der Waals surface area (Å²) in [7, 11) is 0. The van der Waals surface area contributed by atoms with Gasteiger partial charge in [-0.3, -0.25) is 4.79 Å². The topological polar surface area (TPSA) is 72.6 Å². The van der Waals surface area contributed by atoms with Crippen molar-refractivity contribution < 1.29 is 32.2 Å². The van der Waals surface area contributed by atoms with Crippen molar-refractivity contribution in [2.24, 2.45) is 5.73 Å². The van der Waals surface area contributed by atoms with Gasteiger partial charge in [0, 0.05) is 5.56 Å². The molecule has 22 heavy (non-hydrogen) atoms. The van der Waals surface area contributed by atoms with Crippen LogP contribution in [-0.4, -0.2) is 22.9 Å². The summed E-state index contributed by atoms with van der Waals surface area (Å²) in [6.07, 6.45) is -4.55. The molecule has 0 radical (unpaired) electrons. The Morgan fingerprint density at radius 1 is 1.32 bits per heavy atom. The van der Waals surface area contributed by atoms with E-state index in [1.54, 1.807) is 0 Å². The third-order valence-electron chi connectivity index (χ3n) is 3.80. The van der Waals surface area contributed by atoms with Crippen LogP contribution in [0.1, 0.15) is 31.7 Å². The number of aliphatic hydroxyl groups is 1. The Labute approximate surface area is 123 Å². The summed E-state index contributed by atoms with van der Waals surface area (Å²) in [5.41, 5.74) is 1.89. The van der Waals surface area contributed by atoms with Crippen LogP contribution in [0.3, 0.4) is 0 Å². The Morgan fingerprint density at radius 3 is 2.55 bits per heavy atom. The maximum Gasteiger partial charge on any atom is 0.573 e. The largest absolute Gasteiger partial charge is 0.573 e. The summed E-state index contributed by atoms with van der Waals surface area (Å²) in [5.74, 6) is -3.24. The third kappa shape index (κ3) is 2.93. The van der Waals surface area contributed by atoms with Crippen molar-refractivity contribution in [2.75, 3.05) is 0 Å². The van der Waals surface area contributed by atoms with E-state index in [9.17, 15) is 27.5 Å². The molecule has 0 spiro atoms. The molecule has 8 heteroatoms. The number of hydrogen-bond acceptors (Lipinski definition) is 4. The quantitative estimate of drug-likeness (QED) is 0.821. The molecule has 122 valence electrons. The first-order valence-corrected chi connectivity index (χ1v) is 6.58. The second kappa shape index (κ2) is 5.20. The number of carbonyl (C=O) groups excluding carboxylic acids is 1. The number of ether oxygens (including phenoxy) is 1. The average molecular weight is 321 g/mol. The number of Topliss-reactive ketones (excluding diaryl/α,β-unsaturated/α-hetero) is 1. The summed E-state index contributed by atoms with van der Waals surface area (Å²) in [5, 5.41) is 10.0. The molecule has 2 atom stereocenters. The van der Waals surface area contributed by atoms with Crippen LogP contribution in [-0.2, 0) is 10.3 Å². The predicted octanol–water partition coefficient (Wildman–Crippen LogP) is 2.38. The van der Waals surface area contributed by atoms with E-state index in [4.69, 9.17) is 5.73 Å². The number of hydrogen-bond donors (Lipinski definition) is 2. The van der Waals surface area contributed by atoms with Crippen LogP contribution < -0.4 is 10.5 Å². The summed E-state index contributed by atoms with van der Waals surface area (Å²) in [6.45, 7) is 1.25. The Hall–Kier alpha value is -1.67. The number of ketones is 1. The van der Waals surface area contributed by atoms with Gasteiger partial charge in [-0.2, -0.15) is 0 Å². The van der Waals surface area contributed by atoms with Crippen LogP contribution >= 0.6 is 0 Å². The molecule has 3 N–H and O–H groups in total. The van der Waals surface area contributed by atoms with Gasteiger partial charge in [0.25, 0.3) is 0 Å². The lowest BCUT2D eigenvalue weighted by molar-refractivity contribution is -0.275. The van der Waals surface area contributed by atoms with Gasteiger partial charge in [-0.25, -0.2) is 4.39 Å². The van der Waals surface area contributed by atoms with Gasteiger partial charge in [-0.15, -0.1) is 13.2 Å². The van der Waals surface area contributed by atoms with Crippen LogP contribution in [0.4, 0.5) is 17.6 Å². The summed E-state index contributed by atoms with van der Waals surface area (Å²) in [4.78, 5) is 12.3. The van der Waals surface area contributed by atoms with Crippen molar-refractivity contribution in [1.29, 1.82) is 0 Å². The molecule has 0 amide bonds. The standard InChI is InChI=1S/C14H15F4NO3/c1-12(21)6-3-7-13(19,11(12)20)8-4-2-5-9(10(8)15)22-14(16,17)18/h2,4-5,21H,3,6-7,19H2,1H3. The highest BCUT2D eigenvalue weighted by atomic mass is 19.4. The van der Waals surface area contributed by atoms with Crippen molar-refractivity contribution in [2.45, 2.75) is 43.7 Å². The maximum atomic E-state index is 14.3. The molecule has 2 unspecified atom stereocenters. The highest BCUT2D eigenvalue weighted by molar-refractivity contribution is 5.96. The fourth-order valence-electron chi connectivity index (χ4n) is 2.73. The summed E-state index contributed by atoms with van der Waals surface area (Å²) >= 11 is 0. The molecule has 0 saturated heterocycles. The van der Waals surface area contributed by atoms with Crippen LogP contribution in [0.5, 0.6) is 5.75 Å².